The summed E-state index contributed by atoms with van der Waals surface area (Å²) in [6, 6.07) is 0. The van der Waals surface area contributed by atoms with Crippen LogP contribution in [0.15, 0.2) is 12.4 Å². The lowest BCUT2D eigenvalue weighted by Crippen LogP contribution is -2.18. The third-order valence-corrected chi connectivity index (χ3v) is 1.84. The van der Waals surface area contributed by atoms with Crippen LogP contribution in [0.2, 0.25) is 0 Å². The number of nitrogens with zero attached hydrogens (tertiary/aromatic N) is 2. The molecule has 7 heteroatoms. The third-order valence-electron chi connectivity index (χ3n) is 1.84. The van der Waals surface area contributed by atoms with Crippen LogP contribution in [0.3, 0.4) is 0 Å². The van der Waals surface area contributed by atoms with Gasteiger partial charge in [0.2, 0.25) is 5.91 Å². The monoisotopic (exact) mass is 232 g/mol. The average molecular weight is 232 g/mol. The van der Waals surface area contributed by atoms with Crippen molar-refractivity contribution in [2.45, 2.75) is 19.4 Å². The van der Waals surface area contributed by atoms with E-state index in [9.17, 15) is 13.6 Å². The molecule has 0 saturated carbocycles. The topological polar surface area (TPSA) is 59.0 Å². The van der Waals surface area contributed by atoms with Crippen LogP contribution in [0, 0.1) is 0 Å². The maximum absolute atomic E-state index is 12.0. The summed E-state index contributed by atoms with van der Waals surface area (Å²) in [6.45, 7) is 0.101. The molecular formula is C9H14F2N4O. The SMILES string of the molecule is CNCCC(=O)Nc1cnn(CC(F)F)c1. The molecule has 0 bridgehead atoms. The van der Waals surface area contributed by atoms with Crippen LogP contribution in [0.1, 0.15) is 6.42 Å². The highest BCUT2D eigenvalue weighted by Gasteiger charge is 2.07. The summed E-state index contributed by atoms with van der Waals surface area (Å²) < 4.78 is 25.1. The number of carbonyl (C=O) groups excluding carboxylic acids is 1. The molecule has 1 aromatic rings. The van der Waals surface area contributed by atoms with Crippen molar-refractivity contribution in [3.05, 3.63) is 12.4 Å². The summed E-state index contributed by atoms with van der Waals surface area (Å²) in [6.07, 6.45) is 0.604. The van der Waals surface area contributed by atoms with Crippen LogP contribution in [0.4, 0.5) is 14.5 Å². The van der Waals surface area contributed by atoms with E-state index in [1.54, 1.807) is 7.05 Å². The highest BCUT2D eigenvalue weighted by Crippen LogP contribution is 2.07. The Morgan fingerprint density at radius 3 is 3.00 bits per heavy atom. The van der Waals surface area contributed by atoms with Crippen LogP contribution < -0.4 is 10.6 Å². The van der Waals surface area contributed by atoms with Gasteiger partial charge >= 0.3 is 0 Å². The predicted octanol–water partition coefficient (Wildman–Crippen LogP) is 0.696. The molecule has 90 valence electrons. The number of alkyl halides is 2. The molecule has 0 saturated heterocycles. The van der Waals surface area contributed by atoms with Gasteiger partial charge in [0.1, 0.15) is 6.54 Å². The van der Waals surface area contributed by atoms with E-state index in [1.165, 1.54) is 12.4 Å². The first-order valence-electron chi connectivity index (χ1n) is 4.87. The number of rotatable bonds is 6. The van der Waals surface area contributed by atoms with Crippen LogP contribution in [-0.2, 0) is 11.3 Å². The first-order chi connectivity index (χ1) is 7.61. The minimum atomic E-state index is -2.45. The zero-order chi connectivity index (χ0) is 12.0. The van der Waals surface area contributed by atoms with Gasteiger partial charge in [-0.1, -0.05) is 0 Å². The van der Waals surface area contributed by atoms with E-state index in [-0.39, 0.29) is 5.91 Å². The molecule has 16 heavy (non-hydrogen) atoms. The summed E-state index contributed by atoms with van der Waals surface area (Å²) >= 11 is 0. The van der Waals surface area contributed by atoms with E-state index in [1.807, 2.05) is 0 Å². The first kappa shape index (κ1) is 12.6. The second-order valence-corrected chi connectivity index (χ2v) is 3.24. The van der Waals surface area contributed by atoms with Gasteiger partial charge in [-0.15, -0.1) is 0 Å². The third kappa shape index (κ3) is 4.35. The van der Waals surface area contributed by atoms with E-state index in [0.29, 0.717) is 18.7 Å². The smallest absolute Gasteiger partial charge is 0.257 e. The van der Waals surface area contributed by atoms with E-state index in [0.717, 1.165) is 4.68 Å². The van der Waals surface area contributed by atoms with Gasteiger partial charge in [-0.25, -0.2) is 8.78 Å². The highest BCUT2D eigenvalue weighted by atomic mass is 19.3. The first-order valence-corrected chi connectivity index (χ1v) is 4.87. The molecule has 1 heterocycles. The van der Waals surface area contributed by atoms with Crippen molar-refractivity contribution in [2.75, 3.05) is 18.9 Å². The van der Waals surface area contributed by atoms with Crippen molar-refractivity contribution in [3.63, 3.8) is 0 Å². The second kappa shape index (κ2) is 6.16. The number of hydrogen-bond acceptors (Lipinski definition) is 3. The normalized spacial score (nSPS) is 10.8. The molecule has 1 rings (SSSR count). The van der Waals surface area contributed by atoms with Gasteiger partial charge in [-0.05, 0) is 7.05 Å². The van der Waals surface area contributed by atoms with Crippen molar-refractivity contribution < 1.29 is 13.6 Å². The minimum absolute atomic E-state index is 0.175. The summed E-state index contributed by atoms with van der Waals surface area (Å²) in [5.41, 5.74) is 0.432. The second-order valence-electron chi connectivity index (χ2n) is 3.24. The Hall–Kier alpha value is -1.50. The lowest BCUT2D eigenvalue weighted by atomic mass is 10.4. The van der Waals surface area contributed by atoms with Gasteiger partial charge in [0.15, 0.2) is 0 Å². The van der Waals surface area contributed by atoms with Crippen molar-refractivity contribution in [2.24, 2.45) is 0 Å². The van der Waals surface area contributed by atoms with Crippen molar-refractivity contribution in [3.8, 4) is 0 Å². The Morgan fingerprint density at radius 1 is 1.62 bits per heavy atom. The maximum atomic E-state index is 12.0. The molecule has 0 aliphatic rings. The Morgan fingerprint density at radius 2 is 2.38 bits per heavy atom. The van der Waals surface area contributed by atoms with Gasteiger partial charge < -0.3 is 10.6 Å². The van der Waals surface area contributed by atoms with Crippen LogP contribution in [-0.4, -0.2) is 35.7 Å². The summed E-state index contributed by atoms with van der Waals surface area (Å²) in [7, 11) is 1.74. The van der Waals surface area contributed by atoms with Crippen molar-refractivity contribution >= 4 is 11.6 Å². The predicted molar refractivity (Wildman–Crippen MR) is 55.4 cm³/mol. The largest absolute Gasteiger partial charge is 0.323 e. The van der Waals surface area contributed by atoms with Gasteiger partial charge in [0.25, 0.3) is 6.43 Å². The molecule has 0 atom stereocenters. The number of aromatic nitrogens is 2. The van der Waals surface area contributed by atoms with Crippen LogP contribution in [0.25, 0.3) is 0 Å². The Labute approximate surface area is 91.8 Å². The number of hydrogen-bond donors (Lipinski definition) is 2. The standard InChI is InChI=1S/C9H14F2N4O/c1-12-3-2-9(16)14-7-4-13-15(5-7)6-8(10)11/h4-5,8,12H,2-3,6H2,1H3,(H,14,16). The lowest BCUT2D eigenvalue weighted by molar-refractivity contribution is -0.116. The Bertz CT molecular complexity index is 340. The lowest BCUT2D eigenvalue weighted by Gasteiger charge is -2.01. The molecule has 0 radical (unpaired) electrons. The minimum Gasteiger partial charge on any atom is -0.323 e. The molecule has 5 nitrogen and oxygen atoms in total. The van der Waals surface area contributed by atoms with Crippen LogP contribution >= 0.6 is 0 Å². The van der Waals surface area contributed by atoms with Gasteiger partial charge in [-0.2, -0.15) is 5.10 Å². The Balaban J connectivity index is 2.42. The summed E-state index contributed by atoms with van der Waals surface area (Å²) in [5.74, 6) is -0.175. The summed E-state index contributed by atoms with van der Waals surface area (Å²) in [5, 5.41) is 9.09. The molecular weight excluding hydrogens is 218 g/mol. The zero-order valence-corrected chi connectivity index (χ0v) is 8.91. The number of nitrogens with one attached hydrogen (secondary N) is 2. The molecule has 0 aromatic carbocycles. The van der Waals surface area contributed by atoms with Crippen molar-refractivity contribution in [1.82, 2.24) is 15.1 Å². The number of halogens is 2. The van der Waals surface area contributed by atoms with E-state index >= 15 is 0 Å². The molecule has 0 unspecified atom stereocenters. The molecule has 0 aliphatic carbocycles. The average Bonchev–Trinajstić information content (AvgIpc) is 2.61. The fraction of sp³-hybridized carbons (Fsp3) is 0.556. The van der Waals surface area contributed by atoms with Crippen molar-refractivity contribution in [1.29, 1.82) is 0 Å². The van der Waals surface area contributed by atoms with E-state index in [2.05, 4.69) is 15.7 Å². The maximum Gasteiger partial charge on any atom is 0.257 e. The number of amides is 1. The number of anilines is 1. The fourth-order valence-electron chi connectivity index (χ4n) is 1.13. The zero-order valence-electron chi connectivity index (χ0n) is 8.91. The number of carbonyl (C=O) groups is 1. The Kier molecular flexibility index (Phi) is 4.84. The van der Waals surface area contributed by atoms with Crippen LogP contribution in [0.5, 0.6) is 0 Å². The van der Waals surface area contributed by atoms with Gasteiger partial charge in [-0.3, -0.25) is 9.48 Å². The molecule has 0 spiro atoms. The fourth-order valence-corrected chi connectivity index (χ4v) is 1.13. The van der Waals surface area contributed by atoms with E-state index in [4.69, 9.17) is 0 Å². The van der Waals surface area contributed by atoms with E-state index < -0.39 is 13.0 Å². The molecule has 0 fully saturated rings. The van der Waals surface area contributed by atoms with Gasteiger partial charge in [0.05, 0.1) is 11.9 Å². The van der Waals surface area contributed by atoms with Gasteiger partial charge in [0, 0.05) is 19.2 Å². The molecule has 1 aromatic heterocycles. The molecule has 2 N–H and O–H groups in total. The molecule has 0 aliphatic heterocycles. The summed E-state index contributed by atoms with van der Waals surface area (Å²) in [4.78, 5) is 11.3. The quantitative estimate of drug-likeness (QED) is 0.759. The molecule has 1 amide bonds. The highest BCUT2D eigenvalue weighted by molar-refractivity contribution is 5.90.